The molecule has 0 bridgehead atoms. The number of imidazole rings is 1. The zero-order valence-corrected chi connectivity index (χ0v) is 10.4. The lowest BCUT2D eigenvalue weighted by atomic mass is 10.2. The Bertz CT molecular complexity index is 706. The summed E-state index contributed by atoms with van der Waals surface area (Å²) < 4.78 is 10.2. The SMILES string of the molecule is CCCn1c(=S)nc2c3ns[nH]c3ccc21. The molecule has 6 heteroatoms. The van der Waals surface area contributed by atoms with Gasteiger partial charge in [-0.05, 0) is 30.8 Å². The van der Waals surface area contributed by atoms with Crippen molar-refractivity contribution >= 4 is 46.0 Å². The van der Waals surface area contributed by atoms with Crippen LogP contribution < -0.4 is 0 Å². The highest BCUT2D eigenvalue weighted by Crippen LogP contribution is 2.23. The number of aromatic nitrogens is 4. The van der Waals surface area contributed by atoms with Gasteiger partial charge in [0.25, 0.3) is 0 Å². The van der Waals surface area contributed by atoms with Gasteiger partial charge in [0, 0.05) is 18.3 Å². The Kier molecular flexibility index (Phi) is 2.26. The molecule has 0 amide bonds. The van der Waals surface area contributed by atoms with Crippen molar-refractivity contribution < 1.29 is 0 Å². The number of hydrogen-bond acceptors (Lipinski definition) is 4. The summed E-state index contributed by atoms with van der Waals surface area (Å²) >= 11 is 6.61. The fourth-order valence-corrected chi connectivity index (χ4v) is 2.75. The van der Waals surface area contributed by atoms with E-state index in [1.807, 2.05) is 6.07 Å². The number of aromatic amines is 1. The summed E-state index contributed by atoms with van der Waals surface area (Å²) in [7, 11) is 0. The van der Waals surface area contributed by atoms with Crippen LogP contribution in [-0.2, 0) is 6.54 Å². The highest BCUT2D eigenvalue weighted by molar-refractivity contribution is 7.71. The topological polar surface area (TPSA) is 46.5 Å². The zero-order chi connectivity index (χ0) is 11.1. The van der Waals surface area contributed by atoms with Crippen molar-refractivity contribution in [1.82, 2.24) is 18.3 Å². The van der Waals surface area contributed by atoms with E-state index in [1.54, 1.807) is 0 Å². The maximum Gasteiger partial charge on any atom is 0.200 e. The molecule has 0 saturated heterocycles. The van der Waals surface area contributed by atoms with Crippen LogP contribution in [0.15, 0.2) is 12.1 Å². The summed E-state index contributed by atoms with van der Waals surface area (Å²) in [6.07, 6.45) is 1.05. The molecule has 0 aliphatic heterocycles. The van der Waals surface area contributed by atoms with E-state index in [2.05, 4.69) is 31.3 Å². The Morgan fingerprint density at radius 3 is 3.12 bits per heavy atom. The van der Waals surface area contributed by atoms with E-state index in [9.17, 15) is 0 Å². The molecular weight excluding hydrogens is 240 g/mol. The van der Waals surface area contributed by atoms with Crippen LogP contribution in [0.2, 0.25) is 0 Å². The Balaban J connectivity index is 2.45. The lowest BCUT2D eigenvalue weighted by Gasteiger charge is -2.00. The molecule has 0 fully saturated rings. The second kappa shape index (κ2) is 3.64. The predicted molar refractivity (Wildman–Crippen MR) is 68.4 cm³/mol. The molecule has 16 heavy (non-hydrogen) atoms. The second-order valence-corrected chi connectivity index (χ2v) is 4.59. The van der Waals surface area contributed by atoms with Crippen LogP contribution in [0.25, 0.3) is 22.1 Å². The van der Waals surface area contributed by atoms with Crippen molar-refractivity contribution in [1.29, 1.82) is 0 Å². The Morgan fingerprint density at radius 1 is 1.44 bits per heavy atom. The summed E-state index contributed by atoms with van der Waals surface area (Å²) in [5.74, 6) is 0. The normalized spacial score (nSPS) is 11.6. The van der Waals surface area contributed by atoms with Gasteiger partial charge in [0.2, 0.25) is 4.77 Å². The monoisotopic (exact) mass is 250 g/mol. The Hall–Kier alpha value is -1.27. The number of nitrogens with zero attached hydrogens (tertiary/aromatic N) is 3. The van der Waals surface area contributed by atoms with Gasteiger partial charge in [-0.25, -0.2) is 4.98 Å². The largest absolute Gasteiger partial charge is 0.315 e. The third kappa shape index (κ3) is 1.30. The number of fused-ring (bicyclic) bond motifs is 3. The molecule has 82 valence electrons. The first-order valence-electron chi connectivity index (χ1n) is 5.14. The zero-order valence-electron chi connectivity index (χ0n) is 8.73. The smallest absolute Gasteiger partial charge is 0.200 e. The van der Waals surface area contributed by atoms with Gasteiger partial charge in [0.05, 0.1) is 11.0 Å². The highest BCUT2D eigenvalue weighted by atomic mass is 32.1. The predicted octanol–water partition coefficient (Wildman–Crippen LogP) is 3.11. The number of nitrogens with one attached hydrogen (secondary N) is 1. The average Bonchev–Trinajstić information content (AvgIpc) is 2.84. The minimum Gasteiger partial charge on any atom is -0.315 e. The van der Waals surface area contributed by atoms with Crippen LogP contribution in [0.1, 0.15) is 13.3 Å². The standard InChI is InChI=1S/C10H10N4S2/c1-2-5-14-7-4-3-6-8(13-16-12-6)9(7)11-10(14)15/h3-4,12H,2,5H2,1H3. The first kappa shape index (κ1) is 9.92. The average molecular weight is 250 g/mol. The second-order valence-electron chi connectivity index (χ2n) is 3.66. The van der Waals surface area contributed by atoms with E-state index in [-0.39, 0.29) is 0 Å². The van der Waals surface area contributed by atoms with E-state index in [0.29, 0.717) is 4.77 Å². The summed E-state index contributed by atoms with van der Waals surface area (Å²) in [5, 5.41) is 0. The van der Waals surface area contributed by atoms with E-state index >= 15 is 0 Å². The van der Waals surface area contributed by atoms with E-state index in [4.69, 9.17) is 12.2 Å². The summed E-state index contributed by atoms with van der Waals surface area (Å²) in [5.41, 5.74) is 3.93. The molecule has 0 unspecified atom stereocenters. The van der Waals surface area contributed by atoms with Crippen molar-refractivity contribution in [2.24, 2.45) is 0 Å². The number of rotatable bonds is 2. The minimum atomic E-state index is 0.650. The van der Waals surface area contributed by atoms with Gasteiger partial charge in [-0.3, -0.25) is 4.37 Å². The molecule has 0 saturated carbocycles. The van der Waals surface area contributed by atoms with Crippen LogP contribution in [0.4, 0.5) is 0 Å². The van der Waals surface area contributed by atoms with E-state index in [0.717, 1.165) is 35.0 Å². The fraction of sp³-hybridized carbons (Fsp3) is 0.300. The summed E-state index contributed by atoms with van der Waals surface area (Å²) in [6, 6.07) is 4.09. The summed E-state index contributed by atoms with van der Waals surface area (Å²) in [4.78, 5) is 4.43. The minimum absolute atomic E-state index is 0.650. The molecule has 1 aromatic carbocycles. The quantitative estimate of drug-likeness (QED) is 0.711. The lowest BCUT2D eigenvalue weighted by Crippen LogP contribution is -1.95. The molecule has 3 rings (SSSR count). The number of aryl methyl sites for hydroxylation is 1. The van der Waals surface area contributed by atoms with Crippen LogP contribution in [0, 0.1) is 4.77 Å². The van der Waals surface area contributed by atoms with Crippen LogP contribution >= 0.6 is 23.9 Å². The van der Waals surface area contributed by atoms with Crippen molar-refractivity contribution in [3.8, 4) is 0 Å². The van der Waals surface area contributed by atoms with Crippen LogP contribution in [-0.4, -0.2) is 18.3 Å². The van der Waals surface area contributed by atoms with Gasteiger partial charge >= 0.3 is 0 Å². The molecule has 2 heterocycles. The molecule has 2 aromatic heterocycles. The van der Waals surface area contributed by atoms with Crippen molar-refractivity contribution in [2.45, 2.75) is 19.9 Å². The van der Waals surface area contributed by atoms with Gasteiger partial charge < -0.3 is 4.57 Å². The van der Waals surface area contributed by atoms with E-state index in [1.165, 1.54) is 11.7 Å². The van der Waals surface area contributed by atoms with Crippen molar-refractivity contribution in [3.63, 3.8) is 0 Å². The maximum atomic E-state index is 5.27. The van der Waals surface area contributed by atoms with Gasteiger partial charge in [-0.15, -0.1) is 0 Å². The first-order valence-corrected chi connectivity index (χ1v) is 6.32. The van der Waals surface area contributed by atoms with Crippen LogP contribution in [0.3, 0.4) is 0 Å². The van der Waals surface area contributed by atoms with Gasteiger partial charge in [0.15, 0.2) is 0 Å². The molecule has 3 aromatic rings. The van der Waals surface area contributed by atoms with Gasteiger partial charge in [-0.2, -0.15) is 4.37 Å². The molecule has 0 aliphatic carbocycles. The lowest BCUT2D eigenvalue weighted by molar-refractivity contribution is 0.689. The first-order chi connectivity index (χ1) is 7.81. The van der Waals surface area contributed by atoms with Crippen molar-refractivity contribution in [3.05, 3.63) is 16.9 Å². The van der Waals surface area contributed by atoms with Crippen molar-refractivity contribution in [2.75, 3.05) is 0 Å². The van der Waals surface area contributed by atoms with Gasteiger partial charge in [0.1, 0.15) is 11.0 Å². The van der Waals surface area contributed by atoms with E-state index < -0.39 is 0 Å². The number of hydrogen-bond donors (Lipinski definition) is 1. The molecule has 0 atom stereocenters. The molecule has 1 N–H and O–H groups in total. The number of H-pyrrole nitrogens is 1. The molecule has 0 radical (unpaired) electrons. The highest BCUT2D eigenvalue weighted by Gasteiger charge is 2.10. The Morgan fingerprint density at radius 2 is 2.31 bits per heavy atom. The van der Waals surface area contributed by atoms with Gasteiger partial charge in [-0.1, -0.05) is 6.92 Å². The Labute approximate surface area is 101 Å². The molecule has 0 spiro atoms. The molecule has 4 nitrogen and oxygen atoms in total. The van der Waals surface area contributed by atoms with Crippen LogP contribution in [0.5, 0.6) is 0 Å². The molecular formula is C10H10N4S2. The fourth-order valence-electron chi connectivity index (χ4n) is 1.89. The third-order valence-electron chi connectivity index (χ3n) is 2.60. The number of benzene rings is 1. The maximum absolute atomic E-state index is 5.27. The third-order valence-corrected chi connectivity index (χ3v) is 3.50. The summed E-state index contributed by atoms with van der Waals surface area (Å²) in [6.45, 7) is 3.05. The molecule has 0 aliphatic rings.